The second-order valence-electron chi connectivity index (χ2n) is 8.82. The highest BCUT2D eigenvalue weighted by molar-refractivity contribution is 7.94. The number of rotatable bonds is 7. The van der Waals surface area contributed by atoms with Gasteiger partial charge < -0.3 is 9.80 Å². The molecule has 1 saturated heterocycles. The molecule has 2 N–H and O–H groups in total. The Morgan fingerprint density at radius 1 is 0.806 bits per heavy atom. The number of thiophene rings is 1. The number of hydrogen-bond acceptors (Lipinski definition) is 4. The minimum absolute atomic E-state index is 0.0299. The molecule has 0 radical (unpaired) electrons. The van der Waals surface area contributed by atoms with Crippen molar-refractivity contribution >= 4 is 33.0 Å². The number of anilines is 1. The van der Waals surface area contributed by atoms with Crippen LogP contribution >= 0.6 is 11.3 Å². The molecule has 1 amide bonds. The van der Waals surface area contributed by atoms with E-state index in [9.17, 15) is 13.2 Å². The summed E-state index contributed by atoms with van der Waals surface area (Å²) in [4.78, 5) is 16.5. The van der Waals surface area contributed by atoms with Gasteiger partial charge >= 0.3 is 0 Å². The monoisotopic (exact) mass is 518 g/mol. The molecule has 8 heteroatoms. The molecule has 3 aromatic carbocycles. The Hall–Kier alpha value is -3.46. The van der Waals surface area contributed by atoms with Crippen molar-refractivity contribution in [3.63, 3.8) is 0 Å². The van der Waals surface area contributed by atoms with Crippen LogP contribution in [0, 0.1) is 0 Å². The number of carbonyl (C=O) groups is 1. The second kappa shape index (κ2) is 10.7. The third-order valence-corrected chi connectivity index (χ3v) is 9.29. The lowest BCUT2D eigenvalue weighted by molar-refractivity contribution is -0.929. The molecule has 1 aliphatic heterocycles. The van der Waals surface area contributed by atoms with Gasteiger partial charge in [0, 0.05) is 22.4 Å². The lowest BCUT2D eigenvalue weighted by Crippen LogP contribution is -3.15. The Morgan fingerprint density at radius 3 is 1.92 bits per heavy atom. The van der Waals surface area contributed by atoms with Crippen LogP contribution in [-0.2, 0) is 10.0 Å². The van der Waals surface area contributed by atoms with Gasteiger partial charge in [-0.25, -0.2) is 8.42 Å². The van der Waals surface area contributed by atoms with Crippen molar-refractivity contribution in [2.75, 3.05) is 30.9 Å². The zero-order valence-corrected chi connectivity index (χ0v) is 21.3. The van der Waals surface area contributed by atoms with Crippen LogP contribution < -0.4 is 9.62 Å². The normalized spacial score (nSPS) is 14.6. The average molecular weight is 519 g/mol. The number of nitrogens with one attached hydrogen (secondary N) is 2. The van der Waals surface area contributed by atoms with E-state index in [1.165, 1.54) is 16.0 Å². The molecule has 36 heavy (non-hydrogen) atoms. The van der Waals surface area contributed by atoms with E-state index in [1.807, 2.05) is 17.0 Å². The topological polar surface area (TPSA) is 70.9 Å². The first-order valence-corrected chi connectivity index (χ1v) is 14.3. The lowest BCUT2D eigenvalue weighted by atomic mass is 9.96. The highest BCUT2D eigenvalue weighted by atomic mass is 32.2. The Labute approximate surface area is 215 Å². The first-order valence-electron chi connectivity index (χ1n) is 11.9. The number of sulfonamides is 1. The van der Waals surface area contributed by atoms with Gasteiger partial charge in [0.15, 0.2) is 0 Å². The highest BCUT2D eigenvalue weighted by Gasteiger charge is 2.31. The van der Waals surface area contributed by atoms with Gasteiger partial charge in [-0.1, -0.05) is 66.7 Å². The van der Waals surface area contributed by atoms with Crippen LogP contribution in [0.15, 0.2) is 107 Å². The van der Waals surface area contributed by atoms with Gasteiger partial charge in [0.1, 0.15) is 10.3 Å². The third-order valence-electron chi connectivity index (χ3n) is 6.51. The number of benzene rings is 3. The van der Waals surface area contributed by atoms with Gasteiger partial charge in [0.05, 0.1) is 26.2 Å². The minimum Gasteiger partial charge on any atom is -0.327 e. The molecule has 0 aliphatic carbocycles. The third kappa shape index (κ3) is 5.36. The van der Waals surface area contributed by atoms with Gasteiger partial charge in [-0.2, -0.15) is 0 Å². The standard InChI is InChI=1S/C28H27N3O3S2/c32-28(24-13-15-25(16-14-24)29-36(33,34)26-12-7-21-35-26)31-19-17-30(18-20-31)27(22-8-3-1-4-9-22)23-10-5-2-6-11-23/h1-16,21,27,29H,17-20H2/p+1. The van der Waals surface area contributed by atoms with Crippen LogP contribution in [0.25, 0.3) is 0 Å². The minimum atomic E-state index is -3.61. The zero-order chi connectivity index (χ0) is 25.0. The maximum absolute atomic E-state index is 13.2. The van der Waals surface area contributed by atoms with Crippen LogP contribution in [0.5, 0.6) is 0 Å². The van der Waals surface area contributed by atoms with Gasteiger partial charge in [-0.3, -0.25) is 9.52 Å². The van der Waals surface area contributed by atoms with Crippen LogP contribution in [0.4, 0.5) is 5.69 Å². The van der Waals surface area contributed by atoms with Crippen molar-refractivity contribution < 1.29 is 18.1 Å². The molecule has 6 nitrogen and oxygen atoms in total. The molecule has 5 rings (SSSR count). The van der Waals surface area contributed by atoms with E-state index in [-0.39, 0.29) is 16.2 Å². The van der Waals surface area contributed by atoms with E-state index >= 15 is 0 Å². The predicted octanol–water partition coefficient (Wildman–Crippen LogP) is 3.68. The number of quaternary nitrogens is 1. The second-order valence-corrected chi connectivity index (χ2v) is 11.7. The molecule has 0 bridgehead atoms. The molecule has 0 saturated carbocycles. The number of amides is 1. The van der Waals surface area contributed by atoms with E-state index in [2.05, 4.69) is 53.3 Å². The Morgan fingerprint density at radius 2 is 1.39 bits per heavy atom. The molecular formula is C28H28N3O3S2+. The maximum Gasteiger partial charge on any atom is 0.271 e. The summed E-state index contributed by atoms with van der Waals surface area (Å²) in [5, 5.41) is 1.72. The summed E-state index contributed by atoms with van der Waals surface area (Å²) in [7, 11) is -3.61. The number of nitrogens with zero attached hydrogens (tertiary/aromatic N) is 1. The zero-order valence-electron chi connectivity index (χ0n) is 19.7. The fraction of sp³-hybridized carbons (Fsp3) is 0.179. The van der Waals surface area contributed by atoms with Crippen molar-refractivity contribution in [2.24, 2.45) is 0 Å². The van der Waals surface area contributed by atoms with E-state index in [0.717, 1.165) is 24.4 Å². The molecule has 1 fully saturated rings. The molecule has 1 aliphatic rings. The van der Waals surface area contributed by atoms with Gasteiger partial charge in [0.2, 0.25) is 0 Å². The summed E-state index contributed by atoms with van der Waals surface area (Å²) in [6.45, 7) is 3.02. The Balaban J connectivity index is 1.24. The van der Waals surface area contributed by atoms with Gasteiger partial charge in [0.25, 0.3) is 15.9 Å². The first kappa shape index (κ1) is 24.2. The maximum atomic E-state index is 13.2. The van der Waals surface area contributed by atoms with Gasteiger partial charge in [-0.05, 0) is 35.7 Å². The van der Waals surface area contributed by atoms with Crippen LogP contribution in [0.3, 0.4) is 0 Å². The molecule has 1 aromatic heterocycles. The van der Waals surface area contributed by atoms with Crippen LogP contribution in [0.1, 0.15) is 27.5 Å². The van der Waals surface area contributed by atoms with Gasteiger partial charge in [-0.15, -0.1) is 11.3 Å². The Bertz CT molecular complexity index is 1340. The molecule has 0 atom stereocenters. The largest absolute Gasteiger partial charge is 0.327 e. The lowest BCUT2D eigenvalue weighted by Gasteiger charge is -2.37. The molecule has 0 unspecified atom stereocenters. The number of carbonyl (C=O) groups excluding carboxylic acids is 1. The van der Waals surface area contributed by atoms with E-state index in [1.54, 1.807) is 41.8 Å². The predicted molar refractivity (Wildman–Crippen MR) is 143 cm³/mol. The summed E-state index contributed by atoms with van der Waals surface area (Å²) in [5.74, 6) is -0.0299. The SMILES string of the molecule is O=C(c1ccc(NS(=O)(=O)c2cccs2)cc1)N1CC[NH+](C(c2ccccc2)c2ccccc2)CC1. The summed E-state index contributed by atoms with van der Waals surface area (Å²) in [5.41, 5.74) is 3.54. The molecule has 4 aromatic rings. The van der Waals surface area contributed by atoms with Crippen molar-refractivity contribution in [1.29, 1.82) is 0 Å². The van der Waals surface area contributed by atoms with E-state index < -0.39 is 10.0 Å². The van der Waals surface area contributed by atoms with Crippen molar-refractivity contribution in [3.05, 3.63) is 119 Å². The van der Waals surface area contributed by atoms with E-state index in [4.69, 9.17) is 0 Å². The first-order chi connectivity index (χ1) is 17.5. The molecule has 184 valence electrons. The molecule has 2 heterocycles. The summed E-state index contributed by atoms with van der Waals surface area (Å²) in [6, 6.07) is 31.2. The highest BCUT2D eigenvalue weighted by Crippen LogP contribution is 2.22. The van der Waals surface area contributed by atoms with Crippen molar-refractivity contribution in [2.45, 2.75) is 10.3 Å². The fourth-order valence-electron chi connectivity index (χ4n) is 4.73. The summed E-state index contributed by atoms with van der Waals surface area (Å²) in [6.07, 6.45) is 0. The Kier molecular flexibility index (Phi) is 7.18. The number of piperazine rings is 1. The quantitative estimate of drug-likeness (QED) is 0.392. The molecule has 0 spiro atoms. The fourth-order valence-corrected chi connectivity index (χ4v) is 6.78. The number of hydrogen-bond donors (Lipinski definition) is 2. The average Bonchev–Trinajstić information content (AvgIpc) is 3.47. The summed E-state index contributed by atoms with van der Waals surface area (Å²) < 4.78 is 27.7. The van der Waals surface area contributed by atoms with E-state index in [0.29, 0.717) is 24.3 Å². The van der Waals surface area contributed by atoms with Crippen LogP contribution in [-0.4, -0.2) is 45.4 Å². The smallest absolute Gasteiger partial charge is 0.271 e. The van der Waals surface area contributed by atoms with Crippen molar-refractivity contribution in [3.8, 4) is 0 Å². The molecular weight excluding hydrogens is 490 g/mol. The van der Waals surface area contributed by atoms with Crippen molar-refractivity contribution in [1.82, 2.24) is 4.90 Å². The van der Waals surface area contributed by atoms with Crippen LogP contribution in [0.2, 0.25) is 0 Å². The summed E-state index contributed by atoms with van der Waals surface area (Å²) >= 11 is 1.16.